The molecule has 70 heavy (non-hydrogen) atoms. The molecule has 392 valence electrons. The number of imidazole rings is 1. The number of aromatic amines is 2. The van der Waals surface area contributed by atoms with Crippen molar-refractivity contribution >= 4 is 77.5 Å². The van der Waals surface area contributed by atoms with Crippen molar-refractivity contribution in [3.63, 3.8) is 0 Å². The molecule has 0 bridgehead atoms. The minimum absolute atomic E-state index is 0.00354. The van der Waals surface area contributed by atoms with Gasteiger partial charge in [0.1, 0.15) is 42.3 Å². The lowest BCUT2D eigenvalue weighted by Gasteiger charge is -2.29. The van der Waals surface area contributed by atoms with E-state index in [1.54, 1.807) is 0 Å². The van der Waals surface area contributed by atoms with Crippen LogP contribution in [0.2, 0.25) is 0 Å². The number of rotatable bonds is 27. The van der Waals surface area contributed by atoms with Crippen LogP contribution in [0.3, 0.4) is 0 Å². The van der Waals surface area contributed by atoms with E-state index in [0.29, 0.717) is 0 Å². The molecule has 2 fully saturated rings. The van der Waals surface area contributed by atoms with E-state index in [-0.39, 0.29) is 59.8 Å². The minimum Gasteiger partial charge on any atom is -0.387 e. The Labute approximate surface area is 396 Å². The van der Waals surface area contributed by atoms with Gasteiger partial charge in [0.05, 0.1) is 38.0 Å². The lowest BCUT2D eigenvalue weighted by atomic mass is 10.1. The highest BCUT2D eigenvalue weighted by Gasteiger charge is 2.49. The Balaban J connectivity index is 1.10. The summed E-state index contributed by atoms with van der Waals surface area (Å²) < 4.78 is 107. The molecule has 0 radical (unpaired) electrons. The van der Waals surface area contributed by atoms with Gasteiger partial charge in [-0.1, -0.05) is 6.58 Å². The SMILES string of the molecule is C=CN(c1nc(N)[nH]c(=O)c1NC)[C@@H]1O[C@H](COP(=O)(OC)OP(=O)(CCC(C=NCCNP(=O)(OC)OP(=O)(OC)OC[C@H]2O[C@@H](n3cnc4c(=O)[nH]c(N)nc43)C(O)C2O)=NN)OC)C(O)C1O. The van der Waals surface area contributed by atoms with Crippen LogP contribution in [-0.2, 0) is 63.5 Å². The lowest BCUT2D eigenvalue weighted by molar-refractivity contribution is -0.0507. The number of hydrazone groups is 1. The zero-order valence-corrected chi connectivity index (χ0v) is 41.4. The average Bonchev–Trinajstić information content (AvgIpc) is 3.97. The van der Waals surface area contributed by atoms with E-state index in [2.05, 4.69) is 52.0 Å². The Morgan fingerprint density at radius 1 is 0.900 bits per heavy atom. The van der Waals surface area contributed by atoms with E-state index in [1.807, 2.05) is 0 Å². The summed E-state index contributed by atoms with van der Waals surface area (Å²) in [5.41, 5.74) is 9.75. The first-order valence-corrected chi connectivity index (χ1v) is 26.3. The molecule has 2 aliphatic heterocycles. The average molecular weight is 1080 g/mol. The molecule has 8 unspecified atom stereocenters. The highest BCUT2D eigenvalue weighted by atomic mass is 31.3. The highest BCUT2D eigenvalue weighted by molar-refractivity contribution is 7.65. The van der Waals surface area contributed by atoms with Crippen molar-refractivity contribution in [1.82, 2.24) is 34.6 Å². The number of aromatic nitrogens is 6. The number of aliphatic hydroxyl groups is 4. The van der Waals surface area contributed by atoms with E-state index in [1.165, 1.54) is 7.05 Å². The summed E-state index contributed by atoms with van der Waals surface area (Å²) in [5, 5.41) is 51.7. The van der Waals surface area contributed by atoms with Crippen LogP contribution in [0.5, 0.6) is 0 Å². The van der Waals surface area contributed by atoms with Crippen LogP contribution >= 0.6 is 31.0 Å². The number of nitrogen functional groups attached to an aromatic ring is 2. The largest absolute Gasteiger partial charge is 0.482 e. The molecule has 34 nitrogen and oxygen atoms in total. The van der Waals surface area contributed by atoms with Crippen molar-refractivity contribution in [3.8, 4) is 0 Å². The van der Waals surface area contributed by atoms with Crippen LogP contribution in [0.1, 0.15) is 12.6 Å². The van der Waals surface area contributed by atoms with E-state index >= 15 is 0 Å². The standard InChI is InChI=1S/C32H54N14O20P4/c1-7-45(25-19(36-2)27(51)42-31(33)40-25)29-23(49)21(47)17(63-29)13-61-69(55,59-5)65-67(53,57-3)11-8-16(44-35)12-37-9-10-39-68(54,58-4)66-70(56,60-6)62-14-18-22(48)24(50)30(64-18)46-15-38-20-26(46)41-32(34)43-28(20)52/h7,12,15,17-18,21-24,29-30,36,47-50H,1,8-11,13-14,35H2,2-6H3,(H,39,54)(H3,33,40,42,51)(H3,34,41,43,52)/t17-,18-,21?,22?,23?,24?,29-,30-,67?,68?,69?,70?/m1/s1. The van der Waals surface area contributed by atoms with Crippen molar-refractivity contribution in [1.29, 1.82) is 0 Å². The third-order valence-corrected chi connectivity index (χ3v) is 17.8. The van der Waals surface area contributed by atoms with Crippen molar-refractivity contribution in [3.05, 3.63) is 39.8 Å². The zero-order chi connectivity index (χ0) is 51.8. The molecule has 0 aliphatic carbocycles. The van der Waals surface area contributed by atoms with Gasteiger partial charge in [0.2, 0.25) is 11.9 Å². The summed E-state index contributed by atoms with van der Waals surface area (Å²) in [7, 11) is -13.2. The molecule has 3 aromatic rings. The summed E-state index contributed by atoms with van der Waals surface area (Å²) >= 11 is 0. The summed E-state index contributed by atoms with van der Waals surface area (Å²) in [4.78, 5) is 46.4. The summed E-state index contributed by atoms with van der Waals surface area (Å²) in [5.74, 6) is 4.86. The lowest BCUT2D eigenvalue weighted by Crippen LogP contribution is -2.42. The van der Waals surface area contributed by atoms with Gasteiger partial charge in [-0.15, -0.1) is 0 Å². The number of phosphoric ester groups is 2. The zero-order valence-electron chi connectivity index (χ0n) is 37.8. The Hall–Kier alpha value is -4.37. The van der Waals surface area contributed by atoms with Gasteiger partial charge in [0.25, 0.3) is 11.1 Å². The number of phosphoric acid groups is 2. The number of nitrogens with zero attached hydrogens (tertiary/aromatic N) is 7. The minimum atomic E-state index is -4.77. The molecule has 0 amide bonds. The van der Waals surface area contributed by atoms with Crippen LogP contribution in [0, 0.1) is 0 Å². The number of fused-ring (bicyclic) bond motifs is 1. The van der Waals surface area contributed by atoms with Gasteiger partial charge in [-0.2, -0.15) is 19.4 Å². The number of nitrogens with two attached hydrogens (primary N) is 3. The predicted molar refractivity (Wildman–Crippen MR) is 246 cm³/mol. The number of hydrogen-bond acceptors (Lipinski definition) is 30. The third-order valence-electron chi connectivity index (χ3n) is 10.1. The number of anilines is 4. The highest BCUT2D eigenvalue weighted by Crippen LogP contribution is 2.65. The monoisotopic (exact) mass is 1080 g/mol. The first kappa shape index (κ1) is 56.5. The van der Waals surface area contributed by atoms with Gasteiger partial charge in [0.15, 0.2) is 29.4 Å². The molecule has 0 aromatic carbocycles. The number of ether oxygens (including phenoxy) is 2. The Bertz CT molecular complexity index is 2690. The number of H-pyrrole nitrogens is 2. The fourth-order valence-corrected chi connectivity index (χ4v) is 12.8. The smallest absolute Gasteiger partial charge is 0.387 e. The van der Waals surface area contributed by atoms with Gasteiger partial charge >= 0.3 is 31.0 Å². The Morgan fingerprint density at radius 2 is 1.51 bits per heavy atom. The van der Waals surface area contributed by atoms with E-state index in [0.717, 1.165) is 56.6 Å². The van der Waals surface area contributed by atoms with Gasteiger partial charge in [0, 0.05) is 60.9 Å². The van der Waals surface area contributed by atoms with Crippen molar-refractivity contribution < 1.29 is 83.9 Å². The van der Waals surface area contributed by atoms with Gasteiger partial charge in [-0.05, 0) is 0 Å². The summed E-state index contributed by atoms with van der Waals surface area (Å²) in [6, 6.07) is 0. The molecule has 14 N–H and O–H groups in total. The fourth-order valence-electron chi connectivity index (χ4n) is 6.48. The normalized spacial score (nSPS) is 26.4. The van der Waals surface area contributed by atoms with Gasteiger partial charge in [-0.3, -0.25) is 56.3 Å². The number of aliphatic hydroxyl groups excluding tert-OH is 4. The van der Waals surface area contributed by atoms with Gasteiger partial charge in [-0.25, -0.2) is 28.1 Å². The number of aliphatic imine (C=N–C) groups is 1. The van der Waals surface area contributed by atoms with Crippen LogP contribution < -0.4 is 43.7 Å². The molecule has 0 saturated carbocycles. The van der Waals surface area contributed by atoms with Crippen molar-refractivity contribution in [2.24, 2.45) is 15.9 Å². The molecular formula is C32H54N14O20P4. The molecule has 5 rings (SSSR count). The second-order valence-electron chi connectivity index (χ2n) is 14.4. The van der Waals surface area contributed by atoms with E-state index < -0.39 is 111 Å². The molecule has 5 heterocycles. The number of nitrogens with one attached hydrogen (secondary N) is 4. The van der Waals surface area contributed by atoms with Gasteiger partial charge < -0.3 is 62.0 Å². The fraction of sp³-hybridized carbons (Fsp3) is 0.594. The quantitative estimate of drug-likeness (QED) is 0.0138. The van der Waals surface area contributed by atoms with E-state index in [9.17, 15) is 48.3 Å². The second kappa shape index (κ2) is 23.9. The van der Waals surface area contributed by atoms with Crippen LogP contribution in [0.15, 0.2) is 38.8 Å². The van der Waals surface area contributed by atoms with Crippen molar-refractivity contribution in [2.45, 2.75) is 55.5 Å². The molecule has 0 spiro atoms. The topological polar surface area (TPSA) is 481 Å². The maximum Gasteiger partial charge on any atom is 0.482 e. The van der Waals surface area contributed by atoms with Crippen LogP contribution in [-0.4, -0.2) is 173 Å². The van der Waals surface area contributed by atoms with Crippen LogP contribution in [0.25, 0.3) is 11.2 Å². The predicted octanol–water partition coefficient (Wildman–Crippen LogP) is -1.34. The molecule has 3 aromatic heterocycles. The molecular weight excluding hydrogens is 1020 g/mol. The third kappa shape index (κ3) is 13.2. The first-order valence-electron chi connectivity index (χ1n) is 20.2. The second-order valence-corrected chi connectivity index (χ2v) is 22.4. The van der Waals surface area contributed by atoms with Crippen molar-refractivity contribution in [2.75, 3.05) is 89.6 Å². The molecule has 38 heteroatoms. The molecule has 2 aliphatic rings. The molecule has 2 saturated heterocycles. The molecule has 12 atom stereocenters. The Kier molecular flexibility index (Phi) is 19.3. The van der Waals surface area contributed by atoms with Crippen LogP contribution in [0.4, 0.5) is 23.4 Å². The maximum atomic E-state index is 13.6. The first-order chi connectivity index (χ1) is 33.1. The van der Waals surface area contributed by atoms with E-state index in [4.69, 9.17) is 62.5 Å². The summed E-state index contributed by atoms with van der Waals surface area (Å²) in [6.45, 7) is 1.69. The Morgan fingerprint density at radius 3 is 2.11 bits per heavy atom. The summed E-state index contributed by atoms with van der Waals surface area (Å²) in [6.07, 6.45) is -9.59. The maximum absolute atomic E-state index is 13.6. The number of hydrogen-bond donors (Lipinski definition) is 11.